The Hall–Kier alpha value is -0.720. The maximum Gasteiger partial charge on any atom is 0.255 e. The van der Waals surface area contributed by atoms with E-state index in [4.69, 9.17) is 11.6 Å². The third-order valence-electron chi connectivity index (χ3n) is 2.81. The molecule has 0 fully saturated rings. The van der Waals surface area contributed by atoms with Crippen molar-refractivity contribution in [3.05, 3.63) is 26.1 Å². The molecule has 0 radical (unpaired) electrons. The second-order valence-electron chi connectivity index (χ2n) is 5.06. The Kier molecular flexibility index (Phi) is 8.97. The molecule has 0 aliphatic carbocycles. The molecule has 12 heteroatoms. The number of nitrogens with one attached hydrogen (secondary N) is 3. The van der Waals surface area contributed by atoms with Gasteiger partial charge in [-0.1, -0.05) is 27.5 Å². The summed E-state index contributed by atoms with van der Waals surface area (Å²) in [6.07, 6.45) is -2.29. The van der Waals surface area contributed by atoms with Gasteiger partial charge in [0.25, 0.3) is 17.7 Å². The Balaban J connectivity index is 3.53. The predicted molar refractivity (Wildman–Crippen MR) is 107 cm³/mol. The van der Waals surface area contributed by atoms with Crippen LogP contribution < -0.4 is 16.0 Å². The van der Waals surface area contributed by atoms with Crippen LogP contribution in [0.15, 0.2) is 15.0 Å². The van der Waals surface area contributed by atoms with Gasteiger partial charge in [-0.25, -0.2) is 0 Å². The van der Waals surface area contributed by atoms with E-state index in [0.717, 1.165) is 0 Å². The van der Waals surface area contributed by atoms with Gasteiger partial charge < -0.3 is 26.2 Å². The van der Waals surface area contributed by atoms with Crippen molar-refractivity contribution < 1.29 is 24.6 Å². The molecule has 0 bridgehead atoms. The Morgan fingerprint density at radius 2 is 1.54 bits per heavy atom. The third-order valence-corrected chi connectivity index (χ3v) is 5.07. The van der Waals surface area contributed by atoms with Crippen molar-refractivity contribution in [3.8, 4) is 0 Å². The fourth-order valence-electron chi connectivity index (χ4n) is 1.81. The lowest BCUT2D eigenvalue weighted by Gasteiger charge is -2.18. The second-order valence-corrected chi connectivity index (χ2v) is 8.53. The molecule has 144 valence electrons. The van der Waals surface area contributed by atoms with Crippen LogP contribution in [-0.2, 0) is 4.79 Å². The minimum atomic E-state index is -1.15. The number of hydrogen-bond donors (Lipinski definition) is 5. The maximum absolute atomic E-state index is 12.4. The molecule has 0 saturated carbocycles. The lowest BCUT2D eigenvalue weighted by molar-refractivity contribution is -0.114. The summed E-state index contributed by atoms with van der Waals surface area (Å²) in [7, 11) is 0. The first kappa shape index (κ1) is 23.3. The smallest absolute Gasteiger partial charge is 0.255 e. The van der Waals surface area contributed by atoms with Crippen LogP contribution in [0, 0.1) is 0 Å². The quantitative estimate of drug-likeness (QED) is 0.261. The monoisotopic (exact) mass is 577 g/mol. The molecule has 5 N–H and O–H groups in total. The SMILES string of the molecule is CC(O)NC(=O)c1cc(NC(=O)C(Cl)Br)c(Br)c(C(=O)NC(C)O)c1Br. The number of hydrogen-bond acceptors (Lipinski definition) is 5. The van der Waals surface area contributed by atoms with Gasteiger partial charge in [0.15, 0.2) is 4.29 Å². The van der Waals surface area contributed by atoms with Gasteiger partial charge in [0.2, 0.25) is 0 Å². The molecule has 1 aromatic rings. The highest BCUT2D eigenvalue weighted by Gasteiger charge is 2.26. The highest BCUT2D eigenvalue weighted by atomic mass is 79.9. The van der Waals surface area contributed by atoms with Gasteiger partial charge in [0, 0.05) is 4.47 Å². The van der Waals surface area contributed by atoms with Crippen LogP contribution >= 0.6 is 59.4 Å². The van der Waals surface area contributed by atoms with E-state index in [1.54, 1.807) is 0 Å². The zero-order valence-electron chi connectivity index (χ0n) is 13.4. The number of carbonyl (C=O) groups excluding carboxylic acids is 3. The topological polar surface area (TPSA) is 128 Å². The third kappa shape index (κ3) is 6.17. The largest absolute Gasteiger partial charge is 0.374 e. The minimum absolute atomic E-state index is 0.0270. The van der Waals surface area contributed by atoms with E-state index < -0.39 is 34.5 Å². The number of aliphatic hydroxyl groups excluding tert-OH is 2. The van der Waals surface area contributed by atoms with E-state index in [9.17, 15) is 24.6 Å². The molecule has 1 aromatic carbocycles. The molecule has 0 aliphatic heterocycles. The van der Waals surface area contributed by atoms with Crippen LogP contribution in [0.2, 0.25) is 0 Å². The van der Waals surface area contributed by atoms with Gasteiger partial charge in [0.05, 0.1) is 21.3 Å². The van der Waals surface area contributed by atoms with Crippen molar-refractivity contribution in [1.82, 2.24) is 10.6 Å². The van der Waals surface area contributed by atoms with E-state index >= 15 is 0 Å². The minimum Gasteiger partial charge on any atom is -0.374 e. The highest BCUT2D eigenvalue weighted by Crippen LogP contribution is 2.36. The summed E-state index contributed by atoms with van der Waals surface area (Å²) in [5, 5.41) is 25.7. The summed E-state index contributed by atoms with van der Waals surface area (Å²) in [5.41, 5.74) is 0.0239. The van der Waals surface area contributed by atoms with Crippen LogP contribution in [0.5, 0.6) is 0 Å². The summed E-state index contributed by atoms with van der Waals surface area (Å²) in [6, 6.07) is 1.30. The van der Waals surface area contributed by atoms with Gasteiger partial charge in [-0.05, 0) is 51.8 Å². The number of alkyl halides is 2. The van der Waals surface area contributed by atoms with Crippen molar-refractivity contribution in [3.63, 3.8) is 0 Å². The molecule has 0 saturated heterocycles. The van der Waals surface area contributed by atoms with Crippen LogP contribution in [0.1, 0.15) is 34.6 Å². The number of amides is 3. The van der Waals surface area contributed by atoms with E-state index in [-0.39, 0.29) is 25.8 Å². The summed E-state index contributed by atoms with van der Waals surface area (Å²) < 4.78 is -0.781. The molecule has 0 heterocycles. The van der Waals surface area contributed by atoms with E-state index in [1.165, 1.54) is 19.9 Å². The van der Waals surface area contributed by atoms with Gasteiger partial charge in [-0.15, -0.1) is 0 Å². The average Bonchev–Trinajstić information content (AvgIpc) is 2.48. The zero-order valence-corrected chi connectivity index (χ0v) is 19.0. The fraction of sp³-hybridized carbons (Fsp3) is 0.357. The van der Waals surface area contributed by atoms with Crippen molar-refractivity contribution in [2.45, 2.75) is 30.6 Å². The van der Waals surface area contributed by atoms with Crippen LogP contribution in [0.3, 0.4) is 0 Å². The molecule has 0 spiro atoms. The number of rotatable bonds is 6. The summed E-state index contributed by atoms with van der Waals surface area (Å²) in [4.78, 5) is 36.6. The maximum atomic E-state index is 12.4. The summed E-state index contributed by atoms with van der Waals surface area (Å²) in [5.74, 6) is -2.03. The van der Waals surface area contributed by atoms with Gasteiger partial charge in [-0.2, -0.15) is 0 Å². The number of aliphatic hydroxyl groups is 2. The molecule has 3 atom stereocenters. The van der Waals surface area contributed by atoms with Crippen molar-refractivity contribution in [1.29, 1.82) is 0 Å². The molecule has 0 aromatic heterocycles. The number of carbonyl (C=O) groups is 3. The molecule has 3 unspecified atom stereocenters. The zero-order chi connectivity index (χ0) is 20.2. The average molecular weight is 580 g/mol. The molecule has 1 rings (SSSR count). The van der Waals surface area contributed by atoms with Crippen molar-refractivity contribution >= 4 is 82.8 Å². The standard InChI is InChI=1S/C14H15Br3ClN3O5/c1-4(22)19-12(24)6-3-7(21-14(26)11(17)18)10(16)8(9(6)15)13(25)20-5(2)23/h3-5,11,22-23H,1-2H3,(H,19,24)(H,20,25)(H,21,26). The van der Waals surface area contributed by atoms with Crippen molar-refractivity contribution in [2.75, 3.05) is 5.32 Å². The Morgan fingerprint density at radius 1 is 1.04 bits per heavy atom. The van der Waals surface area contributed by atoms with Gasteiger partial charge in [0.1, 0.15) is 12.5 Å². The fourth-order valence-corrected chi connectivity index (χ4v) is 3.51. The summed E-state index contributed by atoms with van der Waals surface area (Å²) in [6.45, 7) is 2.69. The van der Waals surface area contributed by atoms with E-state index in [1.807, 2.05) is 0 Å². The Morgan fingerprint density at radius 3 is 2.00 bits per heavy atom. The first-order valence-corrected chi connectivity index (χ1v) is 9.98. The first-order chi connectivity index (χ1) is 12.0. The van der Waals surface area contributed by atoms with E-state index in [2.05, 4.69) is 63.7 Å². The second kappa shape index (κ2) is 10.00. The van der Waals surface area contributed by atoms with Crippen LogP contribution in [0.4, 0.5) is 5.69 Å². The lowest BCUT2D eigenvalue weighted by Crippen LogP contribution is -2.35. The predicted octanol–water partition coefficient (Wildman–Crippen LogP) is 2.25. The first-order valence-electron chi connectivity index (χ1n) is 7.04. The van der Waals surface area contributed by atoms with Crippen molar-refractivity contribution in [2.24, 2.45) is 0 Å². The molecule has 0 aliphatic rings. The van der Waals surface area contributed by atoms with Crippen LogP contribution in [-0.4, -0.2) is 44.7 Å². The van der Waals surface area contributed by atoms with Gasteiger partial charge >= 0.3 is 0 Å². The number of halogens is 4. The molecular formula is C14H15Br3ClN3O5. The van der Waals surface area contributed by atoms with Gasteiger partial charge in [-0.3, -0.25) is 14.4 Å². The van der Waals surface area contributed by atoms with E-state index in [0.29, 0.717) is 0 Å². The molecular weight excluding hydrogens is 565 g/mol. The number of anilines is 1. The van der Waals surface area contributed by atoms with Crippen LogP contribution in [0.25, 0.3) is 0 Å². The number of benzene rings is 1. The Labute approximate surface area is 179 Å². The summed E-state index contributed by atoms with van der Waals surface area (Å²) >= 11 is 14.9. The molecule has 3 amide bonds. The highest BCUT2D eigenvalue weighted by molar-refractivity contribution is 9.11. The molecule has 8 nitrogen and oxygen atoms in total. The Bertz CT molecular complexity index is 728. The molecule has 26 heavy (non-hydrogen) atoms. The normalized spacial score (nSPS) is 14.2. The lowest BCUT2D eigenvalue weighted by atomic mass is 10.1.